The molecule has 0 radical (unpaired) electrons. The van der Waals surface area contributed by atoms with Crippen LogP contribution in [0.15, 0.2) is 54.6 Å². The molecule has 176 valence electrons. The van der Waals surface area contributed by atoms with Gasteiger partial charge in [-0.3, -0.25) is 14.9 Å². The molecular weight excluding hydrogens is 434 g/mol. The Morgan fingerprint density at radius 2 is 1.70 bits per heavy atom. The number of carbonyl (C=O) groups is 3. The van der Waals surface area contributed by atoms with Crippen molar-refractivity contribution in [2.45, 2.75) is 43.9 Å². The van der Waals surface area contributed by atoms with Crippen LogP contribution < -0.4 is 11.1 Å². The highest BCUT2D eigenvalue weighted by Gasteiger charge is 2.34. The summed E-state index contributed by atoms with van der Waals surface area (Å²) in [5.74, 6) is -2.58. The molecule has 0 spiro atoms. The number of ether oxygens (including phenoxy) is 1. The van der Waals surface area contributed by atoms with Crippen LogP contribution in [-0.2, 0) is 27.4 Å². The Balaban J connectivity index is 1.91. The molecule has 2 aromatic rings. The molecular formula is C22H25N3O8. The number of rotatable bonds is 12. The molecule has 0 saturated carbocycles. The zero-order chi connectivity index (χ0) is 24.4. The molecule has 1 amide bonds. The maximum Gasteiger partial charge on any atom is 0.408 e. The van der Waals surface area contributed by atoms with Crippen LogP contribution in [0, 0.1) is 10.1 Å². The van der Waals surface area contributed by atoms with E-state index in [0.29, 0.717) is 5.56 Å². The maximum absolute atomic E-state index is 12.0. The number of nitro groups is 1. The van der Waals surface area contributed by atoms with Gasteiger partial charge < -0.3 is 26.0 Å². The summed E-state index contributed by atoms with van der Waals surface area (Å²) in [5.41, 5.74) is 5.43. The van der Waals surface area contributed by atoms with Crippen molar-refractivity contribution in [2.75, 3.05) is 0 Å². The van der Waals surface area contributed by atoms with Crippen molar-refractivity contribution in [1.82, 2.24) is 5.32 Å². The van der Waals surface area contributed by atoms with E-state index in [1.54, 1.807) is 30.3 Å². The van der Waals surface area contributed by atoms with Crippen LogP contribution in [0.3, 0.4) is 0 Å². The van der Waals surface area contributed by atoms with Gasteiger partial charge in [0, 0.05) is 18.6 Å². The molecule has 2 unspecified atom stereocenters. The molecule has 0 aliphatic heterocycles. The number of nitrogens with zero attached hydrogens (tertiary/aromatic N) is 1. The molecule has 0 aliphatic carbocycles. The van der Waals surface area contributed by atoms with Crippen molar-refractivity contribution in [3.63, 3.8) is 0 Å². The molecule has 0 bridgehead atoms. The molecule has 2 rings (SSSR count). The second-order valence-corrected chi connectivity index (χ2v) is 7.55. The van der Waals surface area contributed by atoms with E-state index in [2.05, 4.69) is 5.32 Å². The second kappa shape index (κ2) is 11.6. The summed E-state index contributed by atoms with van der Waals surface area (Å²) in [7, 11) is 0. The summed E-state index contributed by atoms with van der Waals surface area (Å²) in [4.78, 5) is 45.4. The molecule has 5 N–H and O–H groups in total. The molecule has 0 aliphatic rings. The van der Waals surface area contributed by atoms with Gasteiger partial charge in [-0.15, -0.1) is 0 Å². The fourth-order valence-electron chi connectivity index (χ4n) is 3.16. The normalized spacial score (nSPS) is 13.4. The van der Waals surface area contributed by atoms with Crippen molar-refractivity contribution < 1.29 is 34.3 Å². The fourth-order valence-corrected chi connectivity index (χ4v) is 3.16. The van der Waals surface area contributed by atoms with Gasteiger partial charge in [-0.25, -0.2) is 9.59 Å². The number of amides is 1. The number of aliphatic carboxylic acids is 2. The highest BCUT2D eigenvalue weighted by atomic mass is 16.6. The first kappa shape index (κ1) is 25.3. The van der Waals surface area contributed by atoms with E-state index in [9.17, 15) is 34.7 Å². The van der Waals surface area contributed by atoms with E-state index in [-0.39, 0.29) is 38.0 Å². The Bertz CT molecular complexity index is 981. The van der Waals surface area contributed by atoms with Crippen molar-refractivity contribution in [1.29, 1.82) is 0 Å². The quantitative estimate of drug-likeness (QED) is 0.273. The number of nitro benzene ring substituents is 1. The first-order chi connectivity index (χ1) is 15.6. The number of alkyl carbamates (subject to hydrolysis) is 1. The van der Waals surface area contributed by atoms with E-state index in [1.807, 2.05) is 0 Å². The smallest absolute Gasteiger partial charge is 0.408 e. The number of hydrogen-bond donors (Lipinski definition) is 4. The molecule has 0 heterocycles. The van der Waals surface area contributed by atoms with Crippen LogP contribution in [0.4, 0.5) is 10.5 Å². The molecule has 0 fully saturated rings. The van der Waals surface area contributed by atoms with Gasteiger partial charge in [0.25, 0.3) is 5.69 Å². The standard InChI is InChI=1S/C22H25N3O8/c23-22(20(28)29,13-15-8-10-17(11-9-15)25(31)32)12-4-7-18(19(26)27)24-21(30)33-14-16-5-2-1-3-6-16/h1-3,5-6,8-11,18H,4,7,12-14,23H2,(H,24,30)(H,26,27)(H,28,29). The third kappa shape index (κ3) is 7.89. The van der Waals surface area contributed by atoms with Crippen molar-refractivity contribution in [3.8, 4) is 0 Å². The van der Waals surface area contributed by atoms with Crippen molar-refractivity contribution in [3.05, 3.63) is 75.8 Å². The maximum atomic E-state index is 12.0. The van der Waals surface area contributed by atoms with E-state index >= 15 is 0 Å². The topological polar surface area (TPSA) is 182 Å². The van der Waals surface area contributed by atoms with Crippen LogP contribution in [-0.4, -0.2) is 44.7 Å². The van der Waals surface area contributed by atoms with E-state index in [4.69, 9.17) is 10.5 Å². The summed E-state index contributed by atoms with van der Waals surface area (Å²) in [6.45, 7) is -0.0286. The summed E-state index contributed by atoms with van der Waals surface area (Å²) >= 11 is 0. The summed E-state index contributed by atoms with van der Waals surface area (Å²) in [6, 6.07) is 12.9. The average Bonchev–Trinajstić information content (AvgIpc) is 2.78. The first-order valence-corrected chi connectivity index (χ1v) is 10.1. The van der Waals surface area contributed by atoms with Gasteiger partial charge in [-0.2, -0.15) is 0 Å². The highest BCUT2D eigenvalue weighted by molar-refractivity contribution is 5.80. The van der Waals surface area contributed by atoms with Gasteiger partial charge >= 0.3 is 18.0 Å². The highest BCUT2D eigenvalue weighted by Crippen LogP contribution is 2.21. The molecule has 11 heteroatoms. The third-order valence-electron chi connectivity index (χ3n) is 5.01. The van der Waals surface area contributed by atoms with Crippen LogP contribution >= 0.6 is 0 Å². The zero-order valence-electron chi connectivity index (χ0n) is 17.7. The zero-order valence-corrected chi connectivity index (χ0v) is 17.7. The van der Waals surface area contributed by atoms with Gasteiger partial charge in [-0.1, -0.05) is 42.5 Å². The van der Waals surface area contributed by atoms with E-state index in [1.165, 1.54) is 24.3 Å². The molecule has 33 heavy (non-hydrogen) atoms. The lowest BCUT2D eigenvalue weighted by atomic mass is 9.86. The largest absolute Gasteiger partial charge is 0.480 e. The number of carboxylic acid groups (broad SMARTS) is 2. The number of nitrogens with two attached hydrogens (primary N) is 1. The van der Waals surface area contributed by atoms with Gasteiger partial charge in [0.1, 0.15) is 18.2 Å². The Morgan fingerprint density at radius 3 is 2.24 bits per heavy atom. The summed E-state index contributed by atoms with van der Waals surface area (Å²) in [6.07, 6.45) is -1.07. The van der Waals surface area contributed by atoms with Gasteiger partial charge in [0.15, 0.2) is 0 Å². The minimum Gasteiger partial charge on any atom is -0.480 e. The molecule has 11 nitrogen and oxygen atoms in total. The summed E-state index contributed by atoms with van der Waals surface area (Å²) < 4.78 is 5.02. The minimum absolute atomic E-state index is 0.0286. The Kier molecular flexibility index (Phi) is 8.87. The monoisotopic (exact) mass is 459 g/mol. The van der Waals surface area contributed by atoms with Crippen LogP contribution in [0.2, 0.25) is 0 Å². The average molecular weight is 459 g/mol. The van der Waals surface area contributed by atoms with Gasteiger partial charge in [0.05, 0.1) is 4.92 Å². The van der Waals surface area contributed by atoms with Crippen LogP contribution in [0.5, 0.6) is 0 Å². The van der Waals surface area contributed by atoms with Crippen molar-refractivity contribution in [2.24, 2.45) is 5.73 Å². The number of non-ortho nitro benzene ring substituents is 1. The lowest BCUT2D eigenvalue weighted by Gasteiger charge is -2.25. The predicted molar refractivity (Wildman–Crippen MR) is 116 cm³/mol. The number of carboxylic acids is 2. The number of nitrogens with one attached hydrogen (secondary N) is 1. The van der Waals surface area contributed by atoms with Gasteiger partial charge in [-0.05, 0) is 30.4 Å². The number of carbonyl (C=O) groups excluding carboxylic acids is 1. The lowest BCUT2D eigenvalue weighted by molar-refractivity contribution is -0.384. The number of benzene rings is 2. The SMILES string of the molecule is NC(CCCC(NC(=O)OCc1ccccc1)C(=O)O)(Cc1ccc([N+](=O)[O-])cc1)C(=O)O. The Morgan fingerprint density at radius 1 is 1.06 bits per heavy atom. The third-order valence-corrected chi connectivity index (χ3v) is 5.01. The van der Waals surface area contributed by atoms with Crippen LogP contribution in [0.25, 0.3) is 0 Å². The fraction of sp³-hybridized carbons (Fsp3) is 0.318. The molecule has 0 saturated heterocycles. The van der Waals surface area contributed by atoms with Crippen LogP contribution in [0.1, 0.15) is 30.4 Å². The predicted octanol–water partition coefficient (Wildman–Crippen LogP) is 2.47. The van der Waals surface area contributed by atoms with Gasteiger partial charge in [0.2, 0.25) is 0 Å². The Hall–Kier alpha value is -3.99. The lowest BCUT2D eigenvalue weighted by Crippen LogP contribution is -2.50. The van der Waals surface area contributed by atoms with E-state index in [0.717, 1.165) is 5.56 Å². The molecule has 2 aromatic carbocycles. The summed E-state index contributed by atoms with van der Waals surface area (Å²) in [5, 5.41) is 32.0. The minimum atomic E-state index is -1.72. The second-order valence-electron chi connectivity index (χ2n) is 7.55. The first-order valence-electron chi connectivity index (χ1n) is 10.1. The van der Waals surface area contributed by atoms with Crippen molar-refractivity contribution >= 4 is 23.7 Å². The van der Waals surface area contributed by atoms with E-state index < -0.39 is 34.5 Å². The molecule has 2 atom stereocenters. The number of hydrogen-bond acceptors (Lipinski definition) is 7. The molecule has 0 aromatic heterocycles. The Labute approximate surface area is 189 Å².